The molecule has 1 atom stereocenters. The topological polar surface area (TPSA) is 67.5 Å². The Morgan fingerprint density at radius 1 is 1.32 bits per heavy atom. The average molecular weight is 345 g/mol. The molecule has 1 unspecified atom stereocenters. The van der Waals surface area contributed by atoms with Crippen LogP contribution < -0.4 is 0 Å². The third kappa shape index (κ3) is 4.58. The van der Waals surface area contributed by atoms with Gasteiger partial charge in [-0.25, -0.2) is 4.79 Å². The Hall–Kier alpha value is -1.92. The van der Waals surface area contributed by atoms with E-state index >= 15 is 0 Å². The molecule has 25 heavy (non-hydrogen) atoms. The number of morpholine rings is 1. The molecule has 1 aliphatic rings. The molecule has 1 saturated heterocycles. The van der Waals surface area contributed by atoms with E-state index in [1.807, 2.05) is 19.1 Å². The van der Waals surface area contributed by atoms with Crippen molar-refractivity contribution in [2.45, 2.75) is 33.3 Å². The maximum absolute atomic E-state index is 12.5. The molecule has 136 valence electrons. The number of fused-ring (bicyclic) bond motifs is 1. The van der Waals surface area contributed by atoms with Crippen LogP contribution in [-0.2, 0) is 15.9 Å². The Balaban J connectivity index is 1.66. The molecule has 2 aromatic rings. The molecule has 3 rings (SSSR count). The number of carbonyl (C=O) groups excluding carboxylic acids is 1. The highest BCUT2D eigenvalue weighted by Crippen LogP contribution is 2.21. The fourth-order valence-corrected chi connectivity index (χ4v) is 3.19. The largest absolute Gasteiger partial charge is 0.458 e. The van der Waals surface area contributed by atoms with Crippen molar-refractivity contribution in [1.82, 2.24) is 15.1 Å². The van der Waals surface area contributed by atoms with E-state index in [0.29, 0.717) is 11.5 Å². The Bertz CT molecular complexity index is 720. The van der Waals surface area contributed by atoms with Gasteiger partial charge in [-0.3, -0.25) is 10.00 Å². The number of rotatable bonds is 6. The molecule has 0 amide bonds. The zero-order valence-corrected chi connectivity index (χ0v) is 15.2. The highest BCUT2D eigenvalue weighted by molar-refractivity contribution is 5.95. The SMILES string of the molecule is CC(C)Cc1[nH]nc2ccc(C(=O)OC(C)CN3CCOCC3)cc12. The minimum atomic E-state index is -0.278. The normalized spacial score (nSPS) is 17.1. The lowest BCUT2D eigenvalue weighted by Gasteiger charge is -2.28. The standard InChI is InChI=1S/C19H27N3O3/c1-13(2)10-18-16-11-15(4-5-17(16)20-21-18)19(23)25-14(3)12-22-6-8-24-9-7-22/h4-5,11,13-14H,6-10,12H2,1-3H3,(H,20,21). The van der Waals surface area contributed by atoms with Gasteiger partial charge in [0.25, 0.3) is 0 Å². The van der Waals surface area contributed by atoms with Gasteiger partial charge in [-0.2, -0.15) is 5.10 Å². The van der Waals surface area contributed by atoms with Gasteiger partial charge >= 0.3 is 5.97 Å². The molecule has 0 bridgehead atoms. The summed E-state index contributed by atoms with van der Waals surface area (Å²) in [6.07, 6.45) is 0.753. The number of aromatic nitrogens is 2. The minimum absolute atomic E-state index is 0.152. The second-order valence-corrected chi connectivity index (χ2v) is 7.16. The first-order chi connectivity index (χ1) is 12.0. The van der Waals surface area contributed by atoms with E-state index in [9.17, 15) is 4.79 Å². The summed E-state index contributed by atoms with van der Waals surface area (Å²) < 4.78 is 11.0. The highest BCUT2D eigenvalue weighted by atomic mass is 16.5. The van der Waals surface area contributed by atoms with Crippen LogP contribution in [0, 0.1) is 5.92 Å². The number of hydrogen-bond acceptors (Lipinski definition) is 5. The molecule has 2 heterocycles. The summed E-state index contributed by atoms with van der Waals surface area (Å²) in [6.45, 7) is 10.3. The first-order valence-electron chi connectivity index (χ1n) is 9.01. The molecule has 0 saturated carbocycles. The van der Waals surface area contributed by atoms with E-state index in [2.05, 4.69) is 28.9 Å². The van der Waals surface area contributed by atoms with Crippen LogP contribution in [-0.4, -0.2) is 60.0 Å². The van der Waals surface area contributed by atoms with Crippen molar-refractivity contribution < 1.29 is 14.3 Å². The monoisotopic (exact) mass is 345 g/mol. The van der Waals surface area contributed by atoms with Crippen LogP contribution in [0.5, 0.6) is 0 Å². The van der Waals surface area contributed by atoms with Crippen molar-refractivity contribution >= 4 is 16.9 Å². The number of aromatic amines is 1. The molecular formula is C19H27N3O3. The Morgan fingerprint density at radius 2 is 2.08 bits per heavy atom. The predicted octanol–water partition coefficient (Wildman–Crippen LogP) is 2.64. The van der Waals surface area contributed by atoms with E-state index in [0.717, 1.165) is 55.9 Å². The Labute approximate surface area is 148 Å². The first-order valence-corrected chi connectivity index (χ1v) is 9.01. The fraction of sp³-hybridized carbons (Fsp3) is 0.579. The van der Waals surface area contributed by atoms with Gasteiger partial charge in [0.1, 0.15) is 6.10 Å². The van der Waals surface area contributed by atoms with E-state index in [1.165, 1.54) is 0 Å². The van der Waals surface area contributed by atoms with Crippen LogP contribution >= 0.6 is 0 Å². The molecule has 1 fully saturated rings. The van der Waals surface area contributed by atoms with E-state index in [-0.39, 0.29) is 12.1 Å². The van der Waals surface area contributed by atoms with Crippen molar-refractivity contribution in [2.24, 2.45) is 5.92 Å². The van der Waals surface area contributed by atoms with Crippen LogP contribution in [0.3, 0.4) is 0 Å². The lowest BCUT2D eigenvalue weighted by atomic mass is 10.0. The van der Waals surface area contributed by atoms with E-state index < -0.39 is 0 Å². The van der Waals surface area contributed by atoms with Crippen LogP contribution in [0.4, 0.5) is 0 Å². The summed E-state index contributed by atoms with van der Waals surface area (Å²) in [7, 11) is 0. The van der Waals surface area contributed by atoms with Gasteiger partial charge in [0.2, 0.25) is 0 Å². The lowest BCUT2D eigenvalue weighted by Crippen LogP contribution is -2.41. The van der Waals surface area contributed by atoms with Gasteiger partial charge in [0.05, 0.1) is 24.3 Å². The van der Waals surface area contributed by atoms with Crippen LogP contribution in [0.15, 0.2) is 18.2 Å². The lowest BCUT2D eigenvalue weighted by molar-refractivity contribution is 0.000456. The summed E-state index contributed by atoms with van der Waals surface area (Å²) in [4.78, 5) is 14.8. The summed E-state index contributed by atoms with van der Waals surface area (Å²) in [5, 5.41) is 8.40. The minimum Gasteiger partial charge on any atom is -0.458 e. The third-order valence-electron chi connectivity index (χ3n) is 4.41. The molecule has 1 aromatic carbocycles. The number of H-pyrrole nitrogens is 1. The van der Waals surface area contributed by atoms with Gasteiger partial charge in [0, 0.05) is 30.7 Å². The molecule has 1 aliphatic heterocycles. The zero-order valence-electron chi connectivity index (χ0n) is 15.2. The summed E-state index contributed by atoms with van der Waals surface area (Å²) in [5.74, 6) is 0.243. The quantitative estimate of drug-likeness (QED) is 0.815. The van der Waals surface area contributed by atoms with Crippen LogP contribution in [0.2, 0.25) is 0 Å². The van der Waals surface area contributed by atoms with Gasteiger partial charge in [-0.1, -0.05) is 13.8 Å². The van der Waals surface area contributed by atoms with E-state index in [4.69, 9.17) is 9.47 Å². The van der Waals surface area contributed by atoms with Crippen molar-refractivity contribution in [3.05, 3.63) is 29.5 Å². The summed E-state index contributed by atoms with van der Waals surface area (Å²) in [5.41, 5.74) is 2.53. The molecule has 6 nitrogen and oxygen atoms in total. The average Bonchev–Trinajstić information content (AvgIpc) is 2.97. The molecule has 1 aromatic heterocycles. The van der Waals surface area contributed by atoms with Crippen molar-refractivity contribution in [3.63, 3.8) is 0 Å². The van der Waals surface area contributed by atoms with E-state index in [1.54, 1.807) is 6.07 Å². The van der Waals surface area contributed by atoms with Crippen molar-refractivity contribution in [1.29, 1.82) is 0 Å². The number of nitrogens with zero attached hydrogens (tertiary/aromatic N) is 2. The number of ether oxygens (including phenoxy) is 2. The Kier molecular flexibility index (Phi) is 5.71. The third-order valence-corrected chi connectivity index (χ3v) is 4.41. The number of carbonyl (C=O) groups is 1. The van der Waals surface area contributed by atoms with Crippen molar-refractivity contribution in [2.75, 3.05) is 32.8 Å². The van der Waals surface area contributed by atoms with Gasteiger partial charge in [0.15, 0.2) is 0 Å². The molecule has 6 heteroatoms. The van der Waals surface area contributed by atoms with Crippen molar-refractivity contribution in [3.8, 4) is 0 Å². The second kappa shape index (κ2) is 7.97. The van der Waals surface area contributed by atoms with Gasteiger partial charge in [-0.05, 0) is 37.5 Å². The Morgan fingerprint density at radius 3 is 2.80 bits per heavy atom. The number of benzene rings is 1. The zero-order chi connectivity index (χ0) is 17.8. The smallest absolute Gasteiger partial charge is 0.338 e. The number of nitrogens with one attached hydrogen (secondary N) is 1. The molecule has 0 spiro atoms. The highest BCUT2D eigenvalue weighted by Gasteiger charge is 2.18. The molecular weight excluding hydrogens is 318 g/mol. The van der Waals surface area contributed by atoms with Gasteiger partial charge < -0.3 is 9.47 Å². The second-order valence-electron chi connectivity index (χ2n) is 7.16. The maximum Gasteiger partial charge on any atom is 0.338 e. The molecule has 0 aliphatic carbocycles. The number of hydrogen-bond donors (Lipinski definition) is 1. The maximum atomic E-state index is 12.5. The predicted molar refractivity (Wildman–Crippen MR) is 96.8 cm³/mol. The van der Waals surface area contributed by atoms with Crippen LogP contribution in [0.25, 0.3) is 10.9 Å². The fourth-order valence-electron chi connectivity index (χ4n) is 3.19. The molecule has 0 radical (unpaired) electrons. The first kappa shape index (κ1) is 17.9. The number of esters is 1. The summed E-state index contributed by atoms with van der Waals surface area (Å²) >= 11 is 0. The summed E-state index contributed by atoms with van der Waals surface area (Å²) in [6, 6.07) is 5.55. The molecule has 1 N–H and O–H groups in total. The van der Waals surface area contributed by atoms with Gasteiger partial charge in [-0.15, -0.1) is 0 Å². The van der Waals surface area contributed by atoms with Crippen LogP contribution in [0.1, 0.15) is 36.8 Å².